The van der Waals surface area contributed by atoms with Crippen LogP contribution in [-0.4, -0.2) is 13.0 Å². The second-order valence-electron chi connectivity index (χ2n) is 1.79. The van der Waals surface area contributed by atoms with Crippen LogP contribution in [0.1, 0.15) is 19.8 Å². The quantitative estimate of drug-likeness (QED) is 0.568. The van der Waals surface area contributed by atoms with Gasteiger partial charge in [0.25, 0.3) is 6.43 Å². The highest BCUT2D eigenvalue weighted by Crippen LogP contribution is 1.91. The van der Waals surface area contributed by atoms with Crippen molar-refractivity contribution in [3.05, 3.63) is 6.54 Å². The first-order valence-electron chi connectivity index (χ1n) is 3.10. The minimum atomic E-state index is -2.24. The van der Waals surface area contributed by atoms with Crippen LogP contribution in [0.2, 0.25) is 0 Å². The van der Waals surface area contributed by atoms with Crippen LogP contribution in [0.5, 0.6) is 0 Å². The van der Waals surface area contributed by atoms with Crippen LogP contribution in [-0.2, 0) is 0 Å². The lowest BCUT2D eigenvalue weighted by Crippen LogP contribution is -2.18. The van der Waals surface area contributed by atoms with E-state index in [1.807, 2.05) is 6.92 Å². The smallest absolute Gasteiger partial charge is 0.250 e. The number of rotatable bonds is 5. The molecule has 0 amide bonds. The zero-order valence-electron chi connectivity index (χ0n) is 5.53. The number of hydrogen-bond acceptors (Lipinski definition) is 1. The molecule has 0 aliphatic carbocycles. The van der Waals surface area contributed by atoms with E-state index in [0.717, 1.165) is 12.8 Å². The van der Waals surface area contributed by atoms with E-state index in [9.17, 15) is 8.78 Å². The van der Waals surface area contributed by atoms with Crippen LogP contribution in [0.15, 0.2) is 0 Å². The van der Waals surface area contributed by atoms with Crippen molar-refractivity contribution in [2.45, 2.75) is 26.2 Å². The van der Waals surface area contributed by atoms with Gasteiger partial charge >= 0.3 is 0 Å². The molecule has 0 atom stereocenters. The number of nitrogens with one attached hydrogen (secondary N) is 1. The van der Waals surface area contributed by atoms with E-state index < -0.39 is 6.43 Å². The summed E-state index contributed by atoms with van der Waals surface area (Å²) in [5, 5.41) is 2.51. The lowest BCUT2D eigenvalue weighted by atomic mass is 10.3. The Hall–Kier alpha value is -0.180. The summed E-state index contributed by atoms with van der Waals surface area (Å²) in [6.07, 6.45) is -0.388. The van der Waals surface area contributed by atoms with Crippen LogP contribution in [0.4, 0.5) is 8.78 Å². The van der Waals surface area contributed by atoms with E-state index in [4.69, 9.17) is 0 Å². The maximum atomic E-state index is 11.4. The van der Waals surface area contributed by atoms with Gasteiger partial charge < -0.3 is 5.32 Å². The molecule has 0 rings (SSSR count). The largest absolute Gasteiger partial charge is 0.307 e. The lowest BCUT2D eigenvalue weighted by Gasteiger charge is -1.99. The minimum Gasteiger partial charge on any atom is -0.307 e. The van der Waals surface area contributed by atoms with Gasteiger partial charge in [-0.05, 0) is 6.42 Å². The van der Waals surface area contributed by atoms with E-state index in [0.29, 0.717) is 0 Å². The molecule has 0 aromatic carbocycles. The molecule has 0 aliphatic rings. The van der Waals surface area contributed by atoms with Crippen LogP contribution >= 0.6 is 0 Å². The Morgan fingerprint density at radius 3 is 2.67 bits per heavy atom. The maximum absolute atomic E-state index is 11.4. The molecule has 0 unspecified atom stereocenters. The van der Waals surface area contributed by atoms with Crippen molar-refractivity contribution >= 4 is 0 Å². The fraction of sp³-hybridized carbons (Fsp3) is 0.833. The number of alkyl halides is 2. The summed E-state index contributed by atoms with van der Waals surface area (Å²) in [5.41, 5.74) is 0. The van der Waals surface area contributed by atoms with Gasteiger partial charge in [0.05, 0.1) is 6.54 Å². The SMILES string of the molecule is CCC[CH]NCC(F)F. The van der Waals surface area contributed by atoms with Crippen LogP contribution in [0.25, 0.3) is 0 Å². The topological polar surface area (TPSA) is 12.0 Å². The lowest BCUT2D eigenvalue weighted by molar-refractivity contribution is 0.148. The second kappa shape index (κ2) is 5.95. The van der Waals surface area contributed by atoms with E-state index in [1.165, 1.54) is 0 Å². The minimum absolute atomic E-state index is 0.222. The zero-order valence-corrected chi connectivity index (χ0v) is 5.53. The molecule has 0 aromatic rings. The summed E-state index contributed by atoms with van der Waals surface area (Å²) < 4.78 is 22.8. The zero-order chi connectivity index (χ0) is 7.11. The fourth-order valence-corrected chi connectivity index (χ4v) is 0.419. The third-order valence-electron chi connectivity index (χ3n) is 0.850. The van der Waals surface area contributed by atoms with Gasteiger partial charge in [0, 0.05) is 6.54 Å². The molecule has 9 heavy (non-hydrogen) atoms. The Labute approximate surface area is 54.4 Å². The summed E-state index contributed by atoms with van der Waals surface area (Å²) >= 11 is 0. The predicted molar refractivity (Wildman–Crippen MR) is 33.2 cm³/mol. The summed E-state index contributed by atoms with van der Waals surface area (Å²) in [6.45, 7) is 3.45. The van der Waals surface area contributed by atoms with E-state index >= 15 is 0 Å². The third-order valence-corrected chi connectivity index (χ3v) is 0.850. The van der Waals surface area contributed by atoms with Crippen molar-refractivity contribution in [2.24, 2.45) is 0 Å². The van der Waals surface area contributed by atoms with Crippen LogP contribution in [0, 0.1) is 6.54 Å². The Morgan fingerprint density at radius 1 is 1.56 bits per heavy atom. The maximum Gasteiger partial charge on any atom is 0.250 e. The average molecular weight is 136 g/mol. The molecule has 0 aliphatic heterocycles. The highest BCUT2D eigenvalue weighted by molar-refractivity contribution is 4.60. The van der Waals surface area contributed by atoms with E-state index in [1.54, 1.807) is 6.54 Å². The van der Waals surface area contributed by atoms with Gasteiger partial charge in [-0.25, -0.2) is 8.78 Å². The monoisotopic (exact) mass is 136 g/mol. The van der Waals surface area contributed by atoms with E-state index in [-0.39, 0.29) is 6.54 Å². The normalized spacial score (nSPS) is 10.7. The highest BCUT2D eigenvalue weighted by atomic mass is 19.3. The van der Waals surface area contributed by atoms with Gasteiger partial charge in [-0.1, -0.05) is 13.3 Å². The van der Waals surface area contributed by atoms with Crippen molar-refractivity contribution in [1.82, 2.24) is 5.32 Å². The van der Waals surface area contributed by atoms with Crippen molar-refractivity contribution < 1.29 is 8.78 Å². The van der Waals surface area contributed by atoms with Gasteiger partial charge in [0.1, 0.15) is 0 Å². The molecule has 0 fully saturated rings. The molecule has 1 nitrogen and oxygen atoms in total. The summed E-state index contributed by atoms with van der Waals surface area (Å²) in [4.78, 5) is 0. The molecule has 0 saturated carbocycles. The standard InChI is InChI=1S/C6H12F2N/c1-2-3-4-9-5-6(7)8/h4,6,9H,2-3,5H2,1H3. The van der Waals surface area contributed by atoms with Crippen LogP contribution < -0.4 is 5.32 Å². The molecule has 1 N–H and O–H groups in total. The Kier molecular flexibility index (Phi) is 5.83. The summed E-state index contributed by atoms with van der Waals surface area (Å²) in [5.74, 6) is 0. The summed E-state index contributed by atoms with van der Waals surface area (Å²) in [7, 11) is 0. The van der Waals surface area contributed by atoms with E-state index in [2.05, 4.69) is 5.32 Å². The van der Waals surface area contributed by atoms with Gasteiger partial charge in [-0.3, -0.25) is 0 Å². The Morgan fingerprint density at radius 2 is 2.22 bits per heavy atom. The average Bonchev–Trinajstić information content (AvgIpc) is 1.80. The van der Waals surface area contributed by atoms with Crippen molar-refractivity contribution in [1.29, 1.82) is 0 Å². The van der Waals surface area contributed by atoms with Gasteiger partial charge in [0.2, 0.25) is 0 Å². The molecule has 0 aromatic heterocycles. The van der Waals surface area contributed by atoms with Crippen molar-refractivity contribution in [2.75, 3.05) is 6.54 Å². The number of halogens is 2. The van der Waals surface area contributed by atoms with Gasteiger partial charge in [0.15, 0.2) is 0 Å². The van der Waals surface area contributed by atoms with Crippen LogP contribution in [0.3, 0.4) is 0 Å². The fourth-order valence-electron chi connectivity index (χ4n) is 0.419. The third kappa shape index (κ3) is 7.82. The molecule has 0 bridgehead atoms. The first-order chi connectivity index (χ1) is 4.27. The van der Waals surface area contributed by atoms with Crippen molar-refractivity contribution in [3.63, 3.8) is 0 Å². The second-order valence-corrected chi connectivity index (χ2v) is 1.79. The Bertz CT molecular complexity index is 57.0. The Balaban J connectivity index is 2.75. The molecule has 3 heteroatoms. The molecule has 0 saturated heterocycles. The molecular weight excluding hydrogens is 124 g/mol. The highest BCUT2D eigenvalue weighted by Gasteiger charge is 1.98. The number of unbranched alkanes of at least 4 members (excludes halogenated alkanes) is 1. The van der Waals surface area contributed by atoms with Crippen molar-refractivity contribution in [3.8, 4) is 0 Å². The molecule has 0 heterocycles. The first-order valence-corrected chi connectivity index (χ1v) is 3.10. The molecular formula is C6H12F2N. The predicted octanol–water partition coefficient (Wildman–Crippen LogP) is 1.80. The molecule has 55 valence electrons. The van der Waals surface area contributed by atoms with Gasteiger partial charge in [-0.15, -0.1) is 0 Å². The summed E-state index contributed by atoms with van der Waals surface area (Å²) in [6, 6.07) is 0. The molecule has 1 radical (unpaired) electrons. The number of hydrogen-bond donors (Lipinski definition) is 1. The van der Waals surface area contributed by atoms with Gasteiger partial charge in [-0.2, -0.15) is 0 Å². The first kappa shape index (κ1) is 8.82. The molecule has 0 spiro atoms.